The Morgan fingerprint density at radius 2 is 2.24 bits per heavy atom. The summed E-state index contributed by atoms with van der Waals surface area (Å²) >= 11 is 3.32. The number of hydrogen-bond donors (Lipinski definition) is 1. The highest BCUT2D eigenvalue weighted by Crippen LogP contribution is 2.25. The van der Waals surface area contributed by atoms with Crippen molar-refractivity contribution in [3.05, 3.63) is 28.2 Å². The predicted molar refractivity (Wildman–Crippen MR) is 71.5 cm³/mol. The number of hydrazone groups is 1. The highest BCUT2D eigenvalue weighted by atomic mass is 79.9. The second-order valence-electron chi connectivity index (χ2n) is 3.81. The van der Waals surface area contributed by atoms with E-state index in [0.29, 0.717) is 17.2 Å². The minimum absolute atomic E-state index is 0.245. The van der Waals surface area contributed by atoms with Crippen LogP contribution in [-0.4, -0.2) is 19.2 Å². The van der Waals surface area contributed by atoms with Gasteiger partial charge in [0, 0.05) is 11.8 Å². The lowest BCUT2D eigenvalue weighted by molar-refractivity contribution is 0.0955. The van der Waals surface area contributed by atoms with Crippen LogP contribution < -0.4 is 10.2 Å². The summed E-state index contributed by atoms with van der Waals surface area (Å²) in [5, 5.41) is 3.85. The number of methoxy groups -OCH3 is 1. The molecule has 5 heteroatoms. The van der Waals surface area contributed by atoms with Crippen LogP contribution in [0.4, 0.5) is 0 Å². The zero-order valence-electron chi connectivity index (χ0n) is 10.0. The first kappa shape index (κ1) is 13.7. The van der Waals surface area contributed by atoms with Gasteiger partial charge in [0.15, 0.2) is 0 Å². The van der Waals surface area contributed by atoms with Crippen molar-refractivity contribution < 1.29 is 9.53 Å². The van der Waals surface area contributed by atoms with Crippen LogP contribution in [0.25, 0.3) is 0 Å². The highest BCUT2D eigenvalue weighted by Gasteiger charge is 2.07. The number of halogens is 1. The SMILES string of the molecule is COc1ccc(C(=O)NN=CC(C)C)cc1Br. The van der Waals surface area contributed by atoms with E-state index in [1.165, 1.54) is 0 Å². The molecule has 0 atom stereocenters. The number of carbonyl (C=O) groups excluding carboxylic acids is 1. The maximum absolute atomic E-state index is 11.7. The molecule has 1 amide bonds. The minimum atomic E-state index is -0.245. The first-order chi connectivity index (χ1) is 8.04. The zero-order valence-corrected chi connectivity index (χ0v) is 11.6. The second kappa shape index (κ2) is 6.39. The van der Waals surface area contributed by atoms with Gasteiger partial charge in [0.05, 0.1) is 11.6 Å². The Morgan fingerprint density at radius 3 is 2.76 bits per heavy atom. The largest absolute Gasteiger partial charge is 0.496 e. The summed E-state index contributed by atoms with van der Waals surface area (Å²) in [7, 11) is 1.58. The first-order valence-electron chi connectivity index (χ1n) is 5.21. The third-order valence-corrected chi connectivity index (χ3v) is 2.57. The summed E-state index contributed by atoms with van der Waals surface area (Å²) in [4.78, 5) is 11.7. The molecule has 0 radical (unpaired) electrons. The smallest absolute Gasteiger partial charge is 0.271 e. The number of nitrogens with one attached hydrogen (secondary N) is 1. The number of amides is 1. The number of hydrogen-bond acceptors (Lipinski definition) is 3. The summed E-state index contributed by atoms with van der Waals surface area (Å²) in [6.45, 7) is 3.97. The second-order valence-corrected chi connectivity index (χ2v) is 4.67. The van der Waals surface area contributed by atoms with Gasteiger partial charge in [0.2, 0.25) is 0 Å². The molecule has 0 saturated carbocycles. The van der Waals surface area contributed by atoms with Gasteiger partial charge in [0.25, 0.3) is 5.91 Å². The van der Waals surface area contributed by atoms with Gasteiger partial charge in [-0.25, -0.2) is 5.43 Å². The Bertz CT molecular complexity index is 431. The lowest BCUT2D eigenvalue weighted by Gasteiger charge is -2.05. The van der Waals surface area contributed by atoms with Crippen molar-refractivity contribution in [2.24, 2.45) is 11.0 Å². The molecule has 0 bridgehead atoms. The molecule has 0 aliphatic heterocycles. The Kier molecular flexibility index (Phi) is 5.15. The predicted octanol–water partition coefficient (Wildman–Crippen LogP) is 2.83. The molecule has 0 aliphatic carbocycles. The van der Waals surface area contributed by atoms with E-state index >= 15 is 0 Å². The molecule has 0 saturated heterocycles. The molecule has 92 valence electrons. The van der Waals surface area contributed by atoms with E-state index in [1.54, 1.807) is 31.5 Å². The highest BCUT2D eigenvalue weighted by molar-refractivity contribution is 9.10. The lowest BCUT2D eigenvalue weighted by atomic mass is 10.2. The van der Waals surface area contributed by atoms with Crippen LogP contribution >= 0.6 is 15.9 Å². The fraction of sp³-hybridized carbons (Fsp3) is 0.333. The molecule has 17 heavy (non-hydrogen) atoms. The van der Waals surface area contributed by atoms with Crippen LogP contribution in [0.1, 0.15) is 24.2 Å². The molecule has 1 aromatic carbocycles. The van der Waals surface area contributed by atoms with Crippen LogP contribution in [-0.2, 0) is 0 Å². The van der Waals surface area contributed by atoms with Crippen molar-refractivity contribution in [2.75, 3.05) is 7.11 Å². The molecular weight excluding hydrogens is 284 g/mol. The van der Waals surface area contributed by atoms with Crippen molar-refractivity contribution in [1.29, 1.82) is 0 Å². The number of benzene rings is 1. The molecule has 0 aliphatic rings. The normalized spacial score (nSPS) is 10.9. The van der Waals surface area contributed by atoms with E-state index < -0.39 is 0 Å². The van der Waals surface area contributed by atoms with Gasteiger partial charge in [-0.3, -0.25) is 4.79 Å². The topological polar surface area (TPSA) is 50.7 Å². The van der Waals surface area contributed by atoms with Crippen molar-refractivity contribution in [3.63, 3.8) is 0 Å². The van der Waals surface area contributed by atoms with E-state index in [-0.39, 0.29) is 5.91 Å². The molecule has 4 nitrogen and oxygen atoms in total. The van der Waals surface area contributed by atoms with Gasteiger partial charge < -0.3 is 4.74 Å². The molecule has 0 aromatic heterocycles. The minimum Gasteiger partial charge on any atom is -0.496 e. The fourth-order valence-corrected chi connectivity index (χ4v) is 1.66. The summed E-state index contributed by atoms with van der Waals surface area (Å²) < 4.78 is 5.82. The van der Waals surface area contributed by atoms with Gasteiger partial charge in [-0.1, -0.05) is 13.8 Å². The zero-order chi connectivity index (χ0) is 12.8. The van der Waals surface area contributed by atoms with Gasteiger partial charge >= 0.3 is 0 Å². The quantitative estimate of drug-likeness (QED) is 0.686. The van der Waals surface area contributed by atoms with Crippen molar-refractivity contribution in [3.8, 4) is 5.75 Å². The molecule has 1 aromatic rings. The Balaban J connectivity index is 2.73. The number of carbonyl (C=O) groups is 1. The van der Waals surface area contributed by atoms with Crippen LogP contribution in [0, 0.1) is 5.92 Å². The third kappa shape index (κ3) is 4.19. The van der Waals surface area contributed by atoms with Crippen LogP contribution in [0.5, 0.6) is 5.75 Å². The Hall–Kier alpha value is -1.36. The van der Waals surface area contributed by atoms with E-state index in [0.717, 1.165) is 4.47 Å². The van der Waals surface area contributed by atoms with E-state index in [1.807, 2.05) is 13.8 Å². The molecule has 1 rings (SSSR count). The molecule has 0 heterocycles. The van der Waals surface area contributed by atoms with Gasteiger partial charge in [0.1, 0.15) is 5.75 Å². The molecule has 0 spiro atoms. The average Bonchev–Trinajstić information content (AvgIpc) is 2.28. The van der Waals surface area contributed by atoms with Gasteiger partial charge in [-0.2, -0.15) is 5.10 Å². The summed E-state index contributed by atoms with van der Waals surface area (Å²) in [5.74, 6) is 0.746. The standard InChI is InChI=1S/C12H15BrN2O2/c1-8(2)7-14-15-12(16)9-4-5-11(17-3)10(13)6-9/h4-8H,1-3H3,(H,15,16). The van der Waals surface area contributed by atoms with Crippen LogP contribution in [0.2, 0.25) is 0 Å². The third-order valence-electron chi connectivity index (χ3n) is 1.95. The van der Waals surface area contributed by atoms with Crippen LogP contribution in [0.15, 0.2) is 27.8 Å². The number of ether oxygens (including phenoxy) is 1. The summed E-state index contributed by atoms with van der Waals surface area (Å²) in [6, 6.07) is 5.11. The van der Waals surface area contributed by atoms with Crippen molar-refractivity contribution in [1.82, 2.24) is 5.43 Å². The number of rotatable bonds is 4. The van der Waals surface area contributed by atoms with Gasteiger partial charge in [-0.05, 0) is 40.0 Å². The average molecular weight is 299 g/mol. The first-order valence-corrected chi connectivity index (χ1v) is 6.01. The maximum Gasteiger partial charge on any atom is 0.271 e. The molecular formula is C12H15BrN2O2. The van der Waals surface area contributed by atoms with E-state index in [4.69, 9.17) is 4.74 Å². The van der Waals surface area contributed by atoms with E-state index in [9.17, 15) is 4.79 Å². The monoisotopic (exact) mass is 298 g/mol. The van der Waals surface area contributed by atoms with Crippen molar-refractivity contribution >= 4 is 28.1 Å². The summed E-state index contributed by atoms with van der Waals surface area (Å²) in [5.41, 5.74) is 2.99. The van der Waals surface area contributed by atoms with Crippen LogP contribution in [0.3, 0.4) is 0 Å². The maximum atomic E-state index is 11.7. The molecule has 0 fully saturated rings. The Labute approximate surface area is 109 Å². The number of nitrogens with zero attached hydrogens (tertiary/aromatic N) is 1. The molecule has 0 unspecified atom stereocenters. The van der Waals surface area contributed by atoms with Gasteiger partial charge in [-0.15, -0.1) is 0 Å². The van der Waals surface area contributed by atoms with E-state index in [2.05, 4.69) is 26.5 Å². The summed E-state index contributed by atoms with van der Waals surface area (Å²) in [6.07, 6.45) is 1.68. The molecule has 1 N–H and O–H groups in total. The lowest BCUT2D eigenvalue weighted by Crippen LogP contribution is -2.18. The fourth-order valence-electron chi connectivity index (χ4n) is 1.12. The Morgan fingerprint density at radius 1 is 1.53 bits per heavy atom. The van der Waals surface area contributed by atoms with Crippen molar-refractivity contribution in [2.45, 2.75) is 13.8 Å².